The van der Waals surface area contributed by atoms with Crippen LogP contribution in [0.2, 0.25) is 0 Å². The van der Waals surface area contributed by atoms with Crippen molar-refractivity contribution in [1.29, 1.82) is 0 Å². The van der Waals surface area contributed by atoms with Crippen LogP contribution in [0.3, 0.4) is 0 Å². The molecule has 0 radical (unpaired) electrons. The molecule has 0 spiro atoms. The Morgan fingerprint density at radius 2 is 2.04 bits per heavy atom. The molecule has 1 aromatic rings. The summed E-state index contributed by atoms with van der Waals surface area (Å²) in [5.41, 5.74) is 0.0215. The van der Waals surface area contributed by atoms with Crippen LogP contribution in [0.5, 0.6) is 5.75 Å². The van der Waals surface area contributed by atoms with Crippen LogP contribution < -0.4 is 10.3 Å². The third-order valence-corrected chi connectivity index (χ3v) is 4.76. The molecule has 0 fully saturated rings. The maximum Gasteiger partial charge on any atom is 0.294 e. The van der Waals surface area contributed by atoms with Crippen molar-refractivity contribution < 1.29 is 22.6 Å². The Bertz CT molecular complexity index is 805. The first kappa shape index (κ1) is 20.9. The summed E-state index contributed by atoms with van der Waals surface area (Å²) in [7, 11) is -0.915. The van der Waals surface area contributed by atoms with E-state index in [4.69, 9.17) is 14.2 Å². The lowest BCUT2D eigenvalue weighted by Crippen LogP contribution is -2.25. The van der Waals surface area contributed by atoms with E-state index in [-0.39, 0.29) is 29.9 Å². The van der Waals surface area contributed by atoms with E-state index in [1.165, 1.54) is 32.6 Å². The average Bonchev–Trinajstić information content (AvgIpc) is 2.59. The fraction of sp³-hybridized carbons (Fsp3) is 0.353. The second-order valence-corrected chi connectivity index (χ2v) is 7.00. The Kier molecular flexibility index (Phi) is 8.33. The summed E-state index contributed by atoms with van der Waals surface area (Å²) < 4.78 is 41.4. The molecule has 0 saturated heterocycles. The van der Waals surface area contributed by atoms with E-state index in [2.05, 4.69) is 6.58 Å². The lowest BCUT2D eigenvalue weighted by molar-refractivity contribution is 0.0483. The third-order valence-electron chi connectivity index (χ3n) is 3.11. The summed E-state index contributed by atoms with van der Waals surface area (Å²) in [6.45, 7) is 5.17. The summed E-state index contributed by atoms with van der Waals surface area (Å²) in [6.07, 6.45) is 7.89. The van der Waals surface area contributed by atoms with Gasteiger partial charge in [0.05, 0.1) is 10.6 Å². The van der Waals surface area contributed by atoms with Gasteiger partial charge in [0.25, 0.3) is 5.56 Å². The molecule has 1 heterocycles. The zero-order chi connectivity index (χ0) is 18.9. The Morgan fingerprint density at radius 1 is 1.32 bits per heavy atom. The van der Waals surface area contributed by atoms with Gasteiger partial charge in [0.1, 0.15) is 6.73 Å². The first-order valence-electron chi connectivity index (χ1n) is 7.41. The van der Waals surface area contributed by atoms with Gasteiger partial charge in [-0.05, 0) is 12.5 Å². The largest absolute Gasteiger partial charge is 0.462 e. The molecule has 1 aromatic heterocycles. The second-order valence-electron chi connectivity index (χ2n) is 5.01. The van der Waals surface area contributed by atoms with Gasteiger partial charge < -0.3 is 14.2 Å². The summed E-state index contributed by atoms with van der Waals surface area (Å²) in [5.74, 6) is -0.381. The molecule has 0 aliphatic carbocycles. The van der Waals surface area contributed by atoms with Crippen molar-refractivity contribution in [3.05, 3.63) is 59.1 Å². The van der Waals surface area contributed by atoms with Gasteiger partial charge in [-0.25, -0.2) is 8.42 Å². The van der Waals surface area contributed by atoms with Gasteiger partial charge in [-0.3, -0.25) is 9.36 Å². The van der Waals surface area contributed by atoms with Crippen LogP contribution in [0.1, 0.15) is 6.92 Å². The summed E-state index contributed by atoms with van der Waals surface area (Å²) >= 11 is 0. The van der Waals surface area contributed by atoms with Crippen molar-refractivity contribution in [1.82, 2.24) is 4.57 Å². The summed E-state index contributed by atoms with van der Waals surface area (Å²) in [4.78, 5) is 12.2. The van der Waals surface area contributed by atoms with Crippen molar-refractivity contribution in [3.63, 3.8) is 0 Å². The Balaban J connectivity index is 3.35. The smallest absolute Gasteiger partial charge is 0.294 e. The zero-order valence-corrected chi connectivity index (χ0v) is 15.4. The maximum absolute atomic E-state index is 12.7. The van der Waals surface area contributed by atoms with Gasteiger partial charge in [-0.15, -0.1) is 0 Å². The van der Waals surface area contributed by atoms with E-state index in [0.29, 0.717) is 5.57 Å². The average molecular weight is 369 g/mol. The number of allylic oxidation sites excluding steroid dienone is 4. The van der Waals surface area contributed by atoms with E-state index in [0.717, 1.165) is 4.57 Å². The van der Waals surface area contributed by atoms with E-state index >= 15 is 0 Å². The van der Waals surface area contributed by atoms with Gasteiger partial charge in [0, 0.05) is 26.5 Å². The van der Waals surface area contributed by atoms with Crippen LogP contribution >= 0.6 is 0 Å². The van der Waals surface area contributed by atoms with E-state index in [9.17, 15) is 13.2 Å². The molecule has 1 rings (SSSR count). The number of rotatable bonds is 10. The van der Waals surface area contributed by atoms with Crippen molar-refractivity contribution in [2.45, 2.75) is 18.6 Å². The third kappa shape index (κ3) is 6.00. The van der Waals surface area contributed by atoms with Crippen molar-refractivity contribution in [2.24, 2.45) is 0 Å². The molecule has 0 aromatic carbocycles. The van der Waals surface area contributed by atoms with Gasteiger partial charge in [-0.1, -0.05) is 30.9 Å². The topological polar surface area (TPSA) is 83.8 Å². The number of hydrogen-bond donors (Lipinski definition) is 0. The molecule has 0 N–H and O–H groups in total. The number of methoxy groups -OCH3 is 2. The van der Waals surface area contributed by atoms with Gasteiger partial charge in [-0.2, -0.15) is 0 Å². The lowest BCUT2D eigenvalue weighted by atomic mass is 10.3. The van der Waals surface area contributed by atoms with Crippen LogP contribution in [0.4, 0.5) is 0 Å². The molecule has 0 aliphatic rings. The van der Waals surface area contributed by atoms with E-state index in [1.807, 2.05) is 6.92 Å². The number of ether oxygens (including phenoxy) is 3. The predicted molar refractivity (Wildman–Crippen MR) is 95.4 cm³/mol. The SMILES string of the molecule is C=CC(=CC=CC)CS(=O)(=O)c1cc(OCOC)c(=O)n(COC)c1. The summed E-state index contributed by atoms with van der Waals surface area (Å²) in [5, 5.41) is 0. The molecule has 0 aliphatic heterocycles. The molecule has 25 heavy (non-hydrogen) atoms. The number of nitrogens with zero attached hydrogens (tertiary/aromatic N) is 1. The molecule has 0 unspecified atom stereocenters. The molecule has 0 atom stereocenters. The van der Waals surface area contributed by atoms with Crippen LogP contribution in [0.25, 0.3) is 0 Å². The number of aromatic nitrogens is 1. The number of pyridine rings is 1. The molecule has 0 amide bonds. The number of hydrogen-bond acceptors (Lipinski definition) is 6. The Labute approximate surface area is 147 Å². The minimum atomic E-state index is -3.72. The monoisotopic (exact) mass is 369 g/mol. The van der Waals surface area contributed by atoms with E-state index < -0.39 is 15.4 Å². The molecule has 7 nitrogen and oxygen atoms in total. The molecule has 0 bridgehead atoms. The molecular weight excluding hydrogens is 346 g/mol. The maximum atomic E-state index is 12.7. The van der Waals surface area contributed by atoms with Crippen LogP contribution in [-0.4, -0.2) is 39.8 Å². The minimum Gasteiger partial charge on any atom is -0.462 e. The quantitative estimate of drug-likeness (QED) is 0.463. The molecule has 138 valence electrons. The molecule has 8 heteroatoms. The highest BCUT2D eigenvalue weighted by Gasteiger charge is 2.20. The van der Waals surface area contributed by atoms with Crippen LogP contribution in [0.15, 0.2) is 58.4 Å². The zero-order valence-electron chi connectivity index (χ0n) is 14.6. The van der Waals surface area contributed by atoms with Crippen molar-refractivity contribution in [2.75, 3.05) is 26.8 Å². The highest BCUT2D eigenvalue weighted by atomic mass is 32.2. The van der Waals surface area contributed by atoms with Crippen molar-refractivity contribution in [3.8, 4) is 5.75 Å². The Morgan fingerprint density at radius 3 is 2.60 bits per heavy atom. The second kappa shape index (κ2) is 9.97. The highest BCUT2D eigenvalue weighted by Crippen LogP contribution is 2.18. The number of sulfone groups is 1. The predicted octanol–water partition coefficient (Wildman–Crippen LogP) is 1.90. The normalized spacial score (nSPS) is 12.5. The lowest BCUT2D eigenvalue weighted by Gasteiger charge is -2.12. The minimum absolute atomic E-state index is 0.0523. The molecular formula is C17H23NO6S. The van der Waals surface area contributed by atoms with Gasteiger partial charge in [0.15, 0.2) is 22.4 Å². The Hall–Kier alpha value is -2.16. The first-order chi connectivity index (χ1) is 11.9. The summed E-state index contributed by atoms with van der Waals surface area (Å²) in [6, 6.07) is 1.19. The van der Waals surface area contributed by atoms with Crippen LogP contribution in [0, 0.1) is 0 Å². The van der Waals surface area contributed by atoms with Crippen LogP contribution in [-0.2, 0) is 26.0 Å². The highest BCUT2D eigenvalue weighted by molar-refractivity contribution is 7.91. The fourth-order valence-electron chi connectivity index (χ4n) is 1.91. The first-order valence-corrected chi connectivity index (χ1v) is 9.07. The van der Waals surface area contributed by atoms with Crippen molar-refractivity contribution >= 4 is 9.84 Å². The fourth-order valence-corrected chi connectivity index (χ4v) is 3.30. The standard InChI is InChI=1S/C17H23NO6S/c1-5-7-8-14(6-2)11-25(20,21)15-9-16(24-13-23-4)17(19)18(10-15)12-22-3/h5-10H,2,11-13H2,1,3-4H3. The molecule has 0 saturated carbocycles. The van der Waals surface area contributed by atoms with E-state index in [1.54, 1.807) is 18.2 Å². The van der Waals surface area contributed by atoms with Gasteiger partial charge in [0.2, 0.25) is 0 Å². The van der Waals surface area contributed by atoms with Gasteiger partial charge >= 0.3 is 0 Å².